The van der Waals surface area contributed by atoms with Crippen molar-refractivity contribution in [3.8, 4) is 5.75 Å². The summed E-state index contributed by atoms with van der Waals surface area (Å²) < 4.78 is 4.87. The molecule has 0 aromatic heterocycles. The number of carboxylic acid groups (broad SMARTS) is 1. The number of nitro benzene ring substituents is 1. The van der Waals surface area contributed by atoms with E-state index >= 15 is 0 Å². The number of nitro groups is 1. The van der Waals surface area contributed by atoms with Crippen molar-refractivity contribution in [2.45, 2.75) is 6.10 Å². The monoisotopic (exact) mass is 284 g/mol. The van der Waals surface area contributed by atoms with Crippen LogP contribution in [0.5, 0.6) is 5.75 Å². The van der Waals surface area contributed by atoms with Gasteiger partial charge in [0.05, 0.1) is 30.2 Å². The zero-order chi connectivity index (χ0) is 15.3. The fourth-order valence-corrected chi connectivity index (χ4v) is 1.35. The highest BCUT2D eigenvalue weighted by atomic mass is 16.6. The number of nitrogens with zero attached hydrogens (tertiary/aromatic N) is 1. The van der Waals surface area contributed by atoms with Crippen LogP contribution in [-0.4, -0.2) is 46.8 Å². The van der Waals surface area contributed by atoms with Gasteiger partial charge >= 0.3 is 5.97 Å². The smallest absolute Gasteiger partial charge is 0.334 e. The van der Waals surface area contributed by atoms with Crippen molar-refractivity contribution in [2.24, 2.45) is 0 Å². The molecule has 1 amide bonds. The Kier molecular flexibility index (Phi) is 4.98. The molecule has 0 aliphatic rings. The Bertz CT molecular complexity index is 544. The van der Waals surface area contributed by atoms with Gasteiger partial charge in [0.15, 0.2) is 6.10 Å². The van der Waals surface area contributed by atoms with Crippen LogP contribution >= 0.6 is 0 Å². The fraction of sp³-hybridized carbons (Fsp3) is 0.273. The first-order valence-electron chi connectivity index (χ1n) is 5.38. The average molecular weight is 284 g/mol. The standard InChI is InChI=1S/C11H12N2O7/c1-20-9-4-6(13(18)19)2-3-7(9)10(15)12-5-8(14)11(16)17/h2-4,8,14H,5H2,1H3,(H,12,15)(H,16,17). The normalized spacial score (nSPS) is 11.5. The van der Waals surface area contributed by atoms with Crippen LogP contribution in [0.3, 0.4) is 0 Å². The summed E-state index contributed by atoms with van der Waals surface area (Å²) in [6.45, 7) is -0.492. The molecule has 20 heavy (non-hydrogen) atoms. The van der Waals surface area contributed by atoms with Crippen molar-refractivity contribution < 1.29 is 29.5 Å². The summed E-state index contributed by atoms with van der Waals surface area (Å²) in [5.41, 5.74) is -0.250. The molecule has 0 radical (unpaired) electrons. The largest absolute Gasteiger partial charge is 0.496 e. The summed E-state index contributed by atoms with van der Waals surface area (Å²) in [5, 5.41) is 30.3. The lowest BCUT2D eigenvalue weighted by molar-refractivity contribution is -0.384. The number of hydrogen-bond acceptors (Lipinski definition) is 6. The number of benzene rings is 1. The maximum Gasteiger partial charge on any atom is 0.334 e. The van der Waals surface area contributed by atoms with Crippen LogP contribution in [-0.2, 0) is 4.79 Å². The lowest BCUT2D eigenvalue weighted by Crippen LogP contribution is -2.36. The zero-order valence-corrected chi connectivity index (χ0v) is 10.4. The molecule has 0 spiro atoms. The minimum Gasteiger partial charge on any atom is -0.496 e. The van der Waals surface area contributed by atoms with Crippen LogP contribution in [0, 0.1) is 10.1 Å². The van der Waals surface area contributed by atoms with E-state index < -0.39 is 29.4 Å². The van der Waals surface area contributed by atoms with Gasteiger partial charge in [-0.25, -0.2) is 4.79 Å². The number of amides is 1. The molecular weight excluding hydrogens is 272 g/mol. The Labute approximate surface area is 112 Å². The molecule has 0 bridgehead atoms. The second-order valence-corrected chi connectivity index (χ2v) is 3.71. The van der Waals surface area contributed by atoms with Crippen LogP contribution in [0.15, 0.2) is 18.2 Å². The number of carboxylic acids is 1. The highest BCUT2D eigenvalue weighted by molar-refractivity contribution is 5.97. The number of nitrogens with one attached hydrogen (secondary N) is 1. The Morgan fingerprint density at radius 2 is 2.15 bits per heavy atom. The van der Waals surface area contributed by atoms with E-state index in [0.29, 0.717) is 0 Å². The second kappa shape index (κ2) is 6.48. The van der Waals surface area contributed by atoms with Crippen LogP contribution in [0.2, 0.25) is 0 Å². The van der Waals surface area contributed by atoms with Gasteiger partial charge in [0.25, 0.3) is 11.6 Å². The molecule has 108 valence electrons. The number of carbonyl (C=O) groups is 2. The average Bonchev–Trinajstić information content (AvgIpc) is 2.43. The molecule has 0 aliphatic heterocycles. The number of methoxy groups -OCH3 is 1. The molecule has 0 fully saturated rings. The molecular formula is C11H12N2O7. The summed E-state index contributed by atoms with van der Waals surface area (Å²) >= 11 is 0. The van der Waals surface area contributed by atoms with Crippen LogP contribution in [0.1, 0.15) is 10.4 Å². The molecule has 0 saturated heterocycles. The Morgan fingerprint density at radius 1 is 1.50 bits per heavy atom. The first-order valence-corrected chi connectivity index (χ1v) is 5.38. The highest BCUT2D eigenvalue weighted by Crippen LogP contribution is 2.24. The quantitative estimate of drug-likeness (QED) is 0.484. The van der Waals surface area contributed by atoms with Gasteiger partial charge in [-0.3, -0.25) is 14.9 Å². The number of aliphatic carboxylic acids is 1. The van der Waals surface area contributed by atoms with Gasteiger partial charge in [0, 0.05) is 6.07 Å². The van der Waals surface area contributed by atoms with E-state index in [4.69, 9.17) is 14.9 Å². The van der Waals surface area contributed by atoms with Crippen molar-refractivity contribution in [1.82, 2.24) is 5.32 Å². The van der Waals surface area contributed by atoms with Gasteiger partial charge in [0.2, 0.25) is 0 Å². The summed E-state index contributed by atoms with van der Waals surface area (Å²) in [4.78, 5) is 32.1. The van der Waals surface area contributed by atoms with Crippen LogP contribution in [0.25, 0.3) is 0 Å². The SMILES string of the molecule is COc1cc([N+](=O)[O-])ccc1C(=O)NCC(O)C(=O)O. The molecule has 9 nitrogen and oxygen atoms in total. The Balaban J connectivity index is 2.87. The number of carbonyl (C=O) groups excluding carboxylic acids is 1. The van der Waals surface area contributed by atoms with Crippen molar-refractivity contribution in [2.75, 3.05) is 13.7 Å². The Hall–Kier alpha value is -2.68. The maximum absolute atomic E-state index is 11.8. The lowest BCUT2D eigenvalue weighted by Gasteiger charge is -2.10. The van der Waals surface area contributed by atoms with Crippen molar-refractivity contribution in [3.05, 3.63) is 33.9 Å². The zero-order valence-electron chi connectivity index (χ0n) is 10.4. The predicted octanol–water partition coefficient (Wildman–Crippen LogP) is -0.221. The summed E-state index contributed by atoms with van der Waals surface area (Å²) in [6.07, 6.45) is -1.73. The van der Waals surface area contributed by atoms with Crippen molar-refractivity contribution >= 4 is 17.6 Å². The van der Waals surface area contributed by atoms with Gasteiger partial charge in [-0.15, -0.1) is 0 Å². The predicted molar refractivity (Wildman–Crippen MR) is 65.6 cm³/mol. The van der Waals surface area contributed by atoms with E-state index in [-0.39, 0.29) is 17.0 Å². The molecule has 1 rings (SSSR count). The summed E-state index contributed by atoms with van der Waals surface area (Å²) in [6, 6.07) is 3.37. The molecule has 9 heteroatoms. The first-order chi connectivity index (χ1) is 9.36. The fourth-order valence-electron chi connectivity index (χ4n) is 1.35. The van der Waals surface area contributed by atoms with Gasteiger partial charge < -0.3 is 20.3 Å². The third-order valence-electron chi connectivity index (χ3n) is 2.38. The highest BCUT2D eigenvalue weighted by Gasteiger charge is 2.19. The van der Waals surface area contributed by atoms with E-state index in [1.165, 1.54) is 13.2 Å². The molecule has 3 N–H and O–H groups in total. The van der Waals surface area contributed by atoms with Crippen LogP contribution < -0.4 is 10.1 Å². The third-order valence-corrected chi connectivity index (χ3v) is 2.38. The summed E-state index contributed by atoms with van der Waals surface area (Å²) in [5.74, 6) is -2.21. The van der Waals surface area contributed by atoms with Gasteiger partial charge in [-0.1, -0.05) is 0 Å². The molecule has 1 atom stereocenters. The minimum atomic E-state index is -1.73. The van der Waals surface area contributed by atoms with E-state index in [2.05, 4.69) is 5.32 Å². The van der Waals surface area contributed by atoms with Crippen molar-refractivity contribution in [1.29, 1.82) is 0 Å². The molecule has 1 unspecified atom stereocenters. The summed E-state index contributed by atoms with van der Waals surface area (Å²) in [7, 11) is 1.24. The second-order valence-electron chi connectivity index (χ2n) is 3.71. The van der Waals surface area contributed by atoms with E-state index in [1.807, 2.05) is 0 Å². The molecule has 1 aromatic rings. The third kappa shape index (κ3) is 3.65. The molecule has 0 saturated carbocycles. The number of aliphatic hydroxyl groups is 1. The van der Waals surface area contributed by atoms with Gasteiger partial charge in [-0.05, 0) is 6.07 Å². The molecule has 1 aromatic carbocycles. The number of hydrogen-bond donors (Lipinski definition) is 3. The maximum atomic E-state index is 11.8. The van der Waals surface area contributed by atoms with Gasteiger partial charge in [-0.2, -0.15) is 0 Å². The van der Waals surface area contributed by atoms with Gasteiger partial charge in [0.1, 0.15) is 5.75 Å². The number of rotatable bonds is 6. The van der Waals surface area contributed by atoms with E-state index in [9.17, 15) is 19.7 Å². The molecule has 0 aliphatic carbocycles. The number of ether oxygens (including phenoxy) is 1. The Morgan fingerprint density at radius 3 is 2.65 bits per heavy atom. The number of aliphatic hydroxyl groups excluding tert-OH is 1. The number of non-ortho nitro benzene ring substituents is 1. The molecule has 0 heterocycles. The van der Waals surface area contributed by atoms with Crippen LogP contribution in [0.4, 0.5) is 5.69 Å². The van der Waals surface area contributed by atoms with Crippen molar-refractivity contribution in [3.63, 3.8) is 0 Å². The first kappa shape index (κ1) is 15.4. The van der Waals surface area contributed by atoms with E-state index in [1.54, 1.807) is 0 Å². The minimum absolute atomic E-state index is 0.00399. The lowest BCUT2D eigenvalue weighted by atomic mass is 10.1. The topological polar surface area (TPSA) is 139 Å². The van der Waals surface area contributed by atoms with E-state index in [0.717, 1.165) is 12.1 Å².